The summed E-state index contributed by atoms with van der Waals surface area (Å²) in [5.41, 5.74) is -0.319. The van der Waals surface area contributed by atoms with Crippen molar-refractivity contribution >= 4 is 0 Å². The molecule has 4 nitrogen and oxygen atoms in total. The van der Waals surface area contributed by atoms with Gasteiger partial charge in [-0.2, -0.15) is 10.1 Å². The lowest BCUT2D eigenvalue weighted by Gasteiger charge is -1.95. The normalized spacial score (nSPS) is 9.20. The molecule has 0 atom stereocenters. The number of aromatic nitrogens is 3. The summed E-state index contributed by atoms with van der Waals surface area (Å²) in [6.45, 7) is 4.09. The van der Waals surface area contributed by atoms with E-state index in [1.165, 1.54) is 17.2 Å². The van der Waals surface area contributed by atoms with Crippen molar-refractivity contribution in [2.75, 3.05) is 0 Å². The zero-order valence-corrected chi connectivity index (χ0v) is 5.40. The summed E-state index contributed by atoms with van der Waals surface area (Å²) in [6, 6.07) is 0. The largest absolute Gasteiger partial charge is 0.291 e. The van der Waals surface area contributed by atoms with Crippen molar-refractivity contribution in [3.05, 3.63) is 35.5 Å². The van der Waals surface area contributed by atoms with Crippen molar-refractivity contribution in [3.8, 4) is 0 Å². The lowest BCUT2D eigenvalue weighted by molar-refractivity contribution is 0.651. The Balaban J connectivity index is 2.89. The molecule has 0 aliphatic carbocycles. The molecular weight excluding hydrogens is 130 g/mol. The summed E-state index contributed by atoms with van der Waals surface area (Å²) in [5, 5.41) is 3.74. The molecule has 1 rings (SSSR count). The lowest BCUT2D eigenvalue weighted by atomic mass is 10.6. The summed E-state index contributed by atoms with van der Waals surface area (Å²) in [4.78, 5) is 13.9. The second-order valence-corrected chi connectivity index (χ2v) is 1.74. The van der Waals surface area contributed by atoms with Gasteiger partial charge >= 0.3 is 0 Å². The maximum atomic E-state index is 10.4. The van der Waals surface area contributed by atoms with Gasteiger partial charge in [-0.25, -0.2) is 0 Å². The van der Waals surface area contributed by atoms with Gasteiger partial charge in [0.2, 0.25) is 0 Å². The first-order valence-corrected chi connectivity index (χ1v) is 2.82. The number of hydrogen-bond acceptors (Lipinski definition) is 3. The fourth-order valence-electron chi connectivity index (χ4n) is 0.537. The summed E-state index contributed by atoms with van der Waals surface area (Å²) < 4.78 is 1.52. The van der Waals surface area contributed by atoms with Gasteiger partial charge in [0.1, 0.15) is 12.5 Å². The van der Waals surface area contributed by atoms with Gasteiger partial charge in [-0.05, 0) is 0 Å². The van der Waals surface area contributed by atoms with Crippen molar-refractivity contribution in [2.24, 2.45) is 0 Å². The molecule has 1 heterocycles. The number of rotatable bonds is 2. The first kappa shape index (κ1) is 6.67. The summed E-state index contributed by atoms with van der Waals surface area (Å²) in [5.74, 6) is 0. The van der Waals surface area contributed by atoms with Gasteiger partial charge in [-0.1, -0.05) is 6.08 Å². The van der Waals surface area contributed by atoms with Crippen LogP contribution in [0.25, 0.3) is 0 Å². The van der Waals surface area contributed by atoms with Crippen LogP contribution < -0.4 is 5.56 Å². The van der Waals surface area contributed by atoms with Crippen LogP contribution in [-0.4, -0.2) is 14.8 Å². The summed E-state index contributed by atoms with van der Waals surface area (Å²) >= 11 is 0. The minimum absolute atomic E-state index is 0.319. The van der Waals surface area contributed by atoms with E-state index in [0.717, 1.165) is 0 Å². The van der Waals surface area contributed by atoms with Crippen LogP contribution in [0.4, 0.5) is 0 Å². The number of hydrogen-bond donors (Lipinski definition) is 0. The van der Waals surface area contributed by atoms with Gasteiger partial charge in [0.15, 0.2) is 0 Å². The first-order valence-electron chi connectivity index (χ1n) is 2.82. The molecule has 1 aromatic rings. The highest BCUT2D eigenvalue weighted by Gasteiger charge is 1.84. The topological polar surface area (TPSA) is 47.8 Å². The molecule has 1 aromatic heterocycles. The molecule has 0 saturated carbocycles. The van der Waals surface area contributed by atoms with E-state index >= 15 is 0 Å². The quantitative estimate of drug-likeness (QED) is 0.531. The highest BCUT2D eigenvalue weighted by atomic mass is 16.1. The molecule has 0 amide bonds. The van der Waals surface area contributed by atoms with Gasteiger partial charge < -0.3 is 0 Å². The van der Waals surface area contributed by atoms with Crippen molar-refractivity contribution in [1.82, 2.24) is 14.8 Å². The van der Waals surface area contributed by atoms with Crippen molar-refractivity contribution in [1.29, 1.82) is 0 Å². The van der Waals surface area contributed by atoms with E-state index in [0.29, 0.717) is 6.54 Å². The van der Waals surface area contributed by atoms with Crippen molar-refractivity contribution < 1.29 is 0 Å². The van der Waals surface area contributed by atoms with Gasteiger partial charge in [0, 0.05) is 0 Å². The third kappa shape index (κ3) is 1.51. The molecule has 0 aliphatic heterocycles. The minimum Gasteiger partial charge on any atom is -0.266 e. The summed E-state index contributed by atoms with van der Waals surface area (Å²) in [6.07, 6.45) is 4.23. The molecule has 0 aliphatic rings. The molecule has 10 heavy (non-hydrogen) atoms. The predicted molar refractivity (Wildman–Crippen MR) is 36.5 cm³/mol. The van der Waals surface area contributed by atoms with Crippen LogP contribution in [0.15, 0.2) is 30.0 Å². The lowest BCUT2D eigenvalue weighted by Crippen LogP contribution is -2.11. The Bertz CT molecular complexity index is 258. The number of nitrogens with zero attached hydrogens (tertiary/aromatic N) is 3. The molecule has 0 unspecified atom stereocenters. The van der Waals surface area contributed by atoms with Crippen LogP contribution in [0, 0.1) is 0 Å². The zero-order valence-electron chi connectivity index (χ0n) is 5.40. The van der Waals surface area contributed by atoms with Crippen LogP contribution in [0.5, 0.6) is 0 Å². The predicted octanol–water partition coefficient (Wildman–Crippen LogP) is -0.176. The fraction of sp³-hybridized carbons (Fsp3) is 0.167. The first-order chi connectivity index (χ1) is 4.83. The van der Waals surface area contributed by atoms with E-state index in [4.69, 9.17) is 0 Å². The highest BCUT2D eigenvalue weighted by molar-refractivity contribution is 4.72. The van der Waals surface area contributed by atoms with Crippen LogP contribution in [0.2, 0.25) is 0 Å². The molecule has 0 bridgehead atoms. The molecule has 4 heteroatoms. The number of allylic oxidation sites excluding steroid dienone is 1. The SMILES string of the molecule is C=CCn1cnc(=O)cn1. The Kier molecular flexibility index (Phi) is 1.94. The second kappa shape index (κ2) is 2.91. The Morgan fingerprint density at radius 1 is 1.80 bits per heavy atom. The Hall–Kier alpha value is -1.45. The Morgan fingerprint density at radius 3 is 3.10 bits per heavy atom. The van der Waals surface area contributed by atoms with Crippen molar-refractivity contribution in [2.45, 2.75) is 6.54 Å². The molecule has 52 valence electrons. The van der Waals surface area contributed by atoms with Gasteiger partial charge in [0.05, 0.1) is 6.54 Å². The van der Waals surface area contributed by atoms with E-state index < -0.39 is 0 Å². The van der Waals surface area contributed by atoms with Gasteiger partial charge in [-0.15, -0.1) is 6.58 Å². The fourth-order valence-corrected chi connectivity index (χ4v) is 0.537. The zero-order chi connectivity index (χ0) is 7.40. The van der Waals surface area contributed by atoms with E-state index in [2.05, 4.69) is 16.7 Å². The second-order valence-electron chi connectivity index (χ2n) is 1.74. The van der Waals surface area contributed by atoms with E-state index in [1.807, 2.05) is 0 Å². The van der Waals surface area contributed by atoms with Crippen LogP contribution in [0.3, 0.4) is 0 Å². The minimum atomic E-state index is -0.319. The third-order valence-corrected chi connectivity index (χ3v) is 0.951. The van der Waals surface area contributed by atoms with Crippen LogP contribution in [0.1, 0.15) is 0 Å². The van der Waals surface area contributed by atoms with Gasteiger partial charge in [-0.3, -0.25) is 9.48 Å². The summed E-state index contributed by atoms with van der Waals surface area (Å²) in [7, 11) is 0. The van der Waals surface area contributed by atoms with E-state index in [-0.39, 0.29) is 5.56 Å². The van der Waals surface area contributed by atoms with Crippen molar-refractivity contribution in [3.63, 3.8) is 0 Å². The molecule has 0 fully saturated rings. The smallest absolute Gasteiger partial charge is 0.266 e. The highest BCUT2D eigenvalue weighted by Crippen LogP contribution is 1.75. The van der Waals surface area contributed by atoms with E-state index in [9.17, 15) is 4.79 Å². The molecule has 0 aromatic carbocycles. The Morgan fingerprint density at radius 2 is 2.60 bits per heavy atom. The third-order valence-electron chi connectivity index (χ3n) is 0.951. The molecule has 0 saturated heterocycles. The molecule has 0 N–H and O–H groups in total. The van der Waals surface area contributed by atoms with Crippen LogP contribution in [-0.2, 0) is 6.54 Å². The average Bonchev–Trinajstić information content (AvgIpc) is 1.95. The van der Waals surface area contributed by atoms with Crippen LogP contribution >= 0.6 is 0 Å². The average molecular weight is 137 g/mol. The molecule has 0 spiro atoms. The maximum Gasteiger partial charge on any atom is 0.291 e. The Labute approximate surface area is 57.8 Å². The maximum absolute atomic E-state index is 10.4. The monoisotopic (exact) mass is 137 g/mol. The molecule has 0 radical (unpaired) electrons. The van der Waals surface area contributed by atoms with E-state index in [1.54, 1.807) is 6.08 Å². The standard InChI is InChI=1S/C6H7N3O/c1-2-3-9-5-7-6(10)4-8-9/h2,4-5H,1,3H2. The van der Waals surface area contributed by atoms with Gasteiger partial charge in [0.25, 0.3) is 5.56 Å². The molecular formula is C6H7N3O.